The van der Waals surface area contributed by atoms with Crippen molar-refractivity contribution in [3.8, 4) is 0 Å². The Labute approximate surface area is 96.5 Å². The van der Waals surface area contributed by atoms with Crippen molar-refractivity contribution in [2.45, 2.75) is 6.54 Å². The smallest absolute Gasteiger partial charge is 0.184 e. The van der Waals surface area contributed by atoms with Gasteiger partial charge in [-0.15, -0.1) is 0 Å². The van der Waals surface area contributed by atoms with E-state index in [9.17, 15) is 9.18 Å². The summed E-state index contributed by atoms with van der Waals surface area (Å²) in [6, 6.07) is 7.00. The summed E-state index contributed by atoms with van der Waals surface area (Å²) in [4.78, 5) is 11.7. The van der Waals surface area contributed by atoms with Crippen LogP contribution in [0.25, 0.3) is 0 Å². The van der Waals surface area contributed by atoms with Gasteiger partial charge in [-0.25, -0.2) is 4.39 Å². The molecule has 3 nitrogen and oxygen atoms in total. The Morgan fingerprint density at radius 2 is 2.00 bits per heavy atom. The zero-order valence-corrected chi connectivity index (χ0v) is 8.99. The average Bonchev–Trinajstić information content (AvgIpc) is 2.65. The van der Waals surface area contributed by atoms with Crippen LogP contribution in [0.3, 0.4) is 0 Å². The molecule has 0 atom stereocenters. The molecule has 0 saturated heterocycles. The van der Waals surface area contributed by atoms with E-state index in [-0.39, 0.29) is 18.1 Å². The van der Waals surface area contributed by atoms with E-state index in [2.05, 4.69) is 5.10 Å². The second kappa shape index (κ2) is 4.45. The van der Waals surface area contributed by atoms with Gasteiger partial charge in [-0.3, -0.25) is 9.48 Å². The van der Waals surface area contributed by atoms with E-state index >= 15 is 0 Å². The minimum Gasteiger partial charge on any atom is -0.292 e. The molecule has 1 aromatic heterocycles. The molecule has 0 unspecified atom stereocenters. The van der Waals surface area contributed by atoms with Gasteiger partial charge in [-0.1, -0.05) is 11.6 Å². The molecule has 0 radical (unpaired) electrons. The van der Waals surface area contributed by atoms with E-state index < -0.39 is 0 Å². The van der Waals surface area contributed by atoms with Gasteiger partial charge < -0.3 is 0 Å². The number of nitrogens with zero attached hydrogens (tertiary/aromatic N) is 2. The van der Waals surface area contributed by atoms with Crippen molar-refractivity contribution >= 4 is 17.4 Å². The van der Waals surface area contributed by atoms with Crippen LogP contribution in [0, 0.1) is 5.82 Å². The maximum Gasteiger partial charge on any atom is 0.184 e. The third kappa shape index (κ3) is 2.46. The molecule has 0 N–H and O–H groups in total. The van der Waals surface area contributed by atoms with Crippen molar-refractivity contribution in [1.82, 2.24) is 9.78 Å². The molecule has 0 saturated carbocycles. The van der Waals surface area contributed by atoms with Crippen LogP contribution in [0.5, 0.6) is 0 Å². The van der Waals surface area contributed by atoms with Crippen molar-refractivity contribution in [2.75, 3.05) is 0 Å². The maximum atomic E-state index is 12.6. The summed E-state index contributed by atoms with van der Waals surface area (Å²) in [5.74, 6) is -0.501. The van der Waals surface area contributed by atoms with Gasteiger partial charge in [0.1, 0.15) is 12.4 Å². The fraction of sp³-hybridized carbons (Fsp3) is 0.0909. The van der Waals surface area contributed by atoms with E-state index in [1.54, 1.807) is 12.3 Å². The molecule has 0 amide bonds. The predicted molar refractivity (Wildman–Crippen MR) is 58.0 cm³/mol. The van der Waals surface area contributed by atoms with Gasteiger partial charge in [0.25, 0.3) is 0 Å². The number of carbonyl (C=O) groups excluding carboxylic acids is 1. The lowest BCUT2D eigenvalue weighted by molar-refractivity contribution is 0.0967. The molecular formula is C11H8ClFN2O. The van der Waals surface area contributed by atoms with Crippen LogP contribution < -0.4 is 0 Å². The van der Waals surface area contributed by atoms with E-state index in [4.69, 9.17) is 11.6 Å². The molecule has 1 aromatic carbocycles. The van der Waals surface area contributed by atoms with Crippen molar-refractivity contribution < 1.29 is 9.18 Å². The third-order valence-electron chi connectivity index (χ3n) is 2.08. The number of hydrogen-bond donors (Lipinski definition) is 0. The highest BCUT2D eigenvalue weighted by molar-refractivity contribution is 6.29. The second-order valence-corrected chi connectivity index (χ2v) is 3.65. The molecule has 0 fully saturated rings. The normalized spacial score (nSPS) is 10.4. The molecule has 82 valence electrons. The van der Waals surface area contributed by atoms with E-state index in [0.29, 0.717) is 10.7 Å². The number of ketones is 1. The lowest BCUT2D eigenvalue weighted by Crippen LogP contribution is -2.10. The summed E-state index contributed by atoms with van der Waals surface area (Å²) in [5.41, 5.74) is 0.452. The van der Waals surface area contributed by atoms with Gasteiger partial charge in [0.05, 0.1) is 0 Å². The molecule has 0 aliphatic rings. The first-order valence-corrected chi connectivity index (χ1v) is 5.01. The zero-order chi connectivity index (χ0) is 11.5. The summed E-state index contributed by atoms with van der Waals surface area (Å²) in [7, 11) is 0. The van der Waals surface area contributed by atoms with Gasteiger partial charge in [0.2, 0.25) is 0 Å². The quantitative estimate of drug-likeness (QED) is 0.771. The van der Waals surface area contributed by atoms with Gasteiger partial charge >= 0.3 is 0 Å². The summed E-state index contributed by atoms with van der Waals surface area (Å²) in [5, 5.41) is 4.22. The molecule has 0 aliphatic heterocycles. The summed E-state index contributed by atoms with van der Waals surface area (Å²) in [6.45, 7) is 0.0956. The number of rotatable bonds is 3. The van der Waals surface area contributed by atoms with E-state index in [1.807, 2.05) is 0 Å². The number of carbonyl (C=O) groups is 1. The van der Waals surface area contributed by atoms with Gasteiger partial charge in [0.15, 0.2) is 10.9 Å². The Morgan fingerprint density at radius 1 is 1.31 bits per heavy atom. The van der Waals surface area contributed by atoms with Crippen LogP contribution in [0.1, 0.15) is 10.4 Å². The number of hydrogen-bond acceptors (Lipinski definition) is 2. The van der Waals surface area contributed by atoms with Crippen molar-refractivity contribution in [3.05, 3.63) is 53.1 Å². The molecule has 0 bridgehead atoms. The Kier molecular flexibility index (Phi) is 3.01. The molecule has 1 heterocycles. The topological polar surface area (TPSA) is 34.9 Å². The predicted octanol–water partition coefficient (Wildman–Crippen LogP) is 2.56. The number of Topliss-reactive ketones (excluding diaryl/α,β-unsaturated/α-hetero) is 1. The Bertz CT molecular complexity index is 507. The van der Waals surface area contributed by atoms with Crippen LogP contribution in [0.15, 0.2) is 36.5 Å². The summed E-state index contributed by atoms with van der Waals surface area (Å²) >= 11 is 5.62. The molecule has 5 heteroatoms. The van der Waals surface area contributed by atoms with Gasteiger partial charge in [-0.05, 0) is 30.3 Å². The first kappa shape index (κ1) is 10.8. The fourth-order valence-corrected chi connectivity index (χ4v) is 1.45. The highest BCUT2D eigenvalue weighted by atomic mass is 35.5. The summed E-state index contributed by atoms with van der Waals surface area (Å²) in [6.07, 6.45) is 1.61. The Morgan fingerprint density at radius 3 is 2.56 bits per heavy atom. The average molecular weight is 239 g/mol. The molecule has 2 aromatic rings. The van der Waals surface area contributed by atoms with Crippen molar-refractivity contribution in [1.29, 1.82) is 0 Å². The van der Waals surface area contributed by atoms with Crippen LogP contribution in [0.2, 0.25) is 5.15 Å². The van der Waals surface area contributed by atoms with Crippen LogP contribution in [-0.4, -0.2) is 15.6 Å². The fourth-order valence-electron chi connectivity index (χ4n) is 1.30. The standard InChI is InChI=1S/C11H8ClFN2O/c12-11-5-6-15(14-11)7-10(16)8-1-3-9(13)4-2-8/h1-6H,7H2. The largest absolute Gasteiger partial charge is 0.292 e. The van der Waals surface area contributed by atoms with Crippen molar-refractivity contribution in [2.24, 2.45) is 0 Å². The molecular weight excluding hydrogens is 231 g/mol. The van der Waals surface area contributed by atoms with Crippen molar-refractivity contribution in [3.63, 3.8) is 0 Å². The van der Waals surface area contributed by atoms with Crippen LogP contribution in [-0.2, 0) is 6.54 Å². The lowest BCUT2D eigenvalue weighted by atomic mass is 10.1. The lowest BCUT2D eigenvalue weighted by Gasteiger charge is -2.01. The minimum atomic E-state index is -0.362. The van der Waals surface area contributed by atoms with Gasteiger partial charge in [0, 0.05) is 11.8 Å². The first-order valence-electron chi connectivity index (χ1n) is 4.63. The zero-order valence-electron chi connectivity index (χ0n) is 8.23. The molecule has 0 spiro atoms. The molecule has 0 aliphatic carbocycles. The van der Waals surface area contributed by atoms with E-state index in [0.717, 1.165) is 0 Å². The second-order valence-electron chi connectivity index (χ2n) is 3.27. The maximum absolute atomic E-state index is 12.6. The molecule has 16 heavy (non-hydrogen) atoms. The van der Waals surface area contributed by atoms with Crippen LogP contribution >= 0.6 is 11.6 Å². The molecule has 2 rings (SSSR count). The number of aromatic nitrogens is 2. The van der Waals surface area contributed by atoms with E-state index in [1.165, 1.54) is 28.9 Å². The number of benzene rings is 1. The minimum absolute atomic E-state index is 0.0956. The first-order chi connectivity index (χ1) is 7.65. The Hall–Kier alpha value is -1.68. The van der Waals surface area contributed by atoms with Gasteiger partial charge in [-0.2, -0.15) is 5.10 Å². The Balaban J connectivity index is 2.11. The SMILES string of the molecule is O=C(Cn1ccc(Cl)n1)c1ccc(F)cc1. The third-order valence-corrected chi connectivity index (χ3v) is 2.28. The highest BCUT2D eigenvalue weighted by Crippen LogP contribution is 2.07. The monoisotopic (exact) mass is 238 g/mol. The number of halogens is 2. The highest BCUT2D eigenvalue weighted by Gasteiger charge is 2.07. The van der Waals surface area contributed by atoms with Crippen LogP contribution in [0.4, 0.5) is 4.39 Å². The summed E-state index contributed by atoms with van der Waals surface area (Å²) < 4.78 is 14.1.